The molecule has 156 valence electrons. The van der Waals surface area contributed by atoms with Crippen molar-refractivity contribution in [2.75, 3.05) is 45.9 Å². The lowest BCUT2D eigenvalue weighted by Crippen LogP contribution is -2.53. The average molecular weight is 392 g/mol. The molecule has 1 amide bonds. The van der Waals surface area contributed by atoms with E-state index in [0.29, 0.717) is 26.2 Å². The summed E-state index contributed by atoms with van der Waals surface area (Å²) < 4.78 is 6.88. The van der Waals surface area contributed by atoms with Crippen LogP contribution >= 0.6 is 0 Å². The number of nitrogens with zero attached hydrogens (tertiary/aromatic N) is 4. The van der Waals surface area contributed by atoms with Crippen molar-refractivity contribution in [3.8, 4) is 0 Å². The molecule has 1 fully saturated rings. The fraction of sp³-hybridized carbons (Fsp3) is 0.650. The lowest BCUT2D eigenvalue weighted by molar-refractivity contribution is 0.0914. The standard InChI is InChI=1S/C20H33N5O3/c1-4-21-19(23-13-15-24(16-14-23)20(27)28-5-2)22-11-6-7-12-25-17(3)9-8-10-18(25)26/h8-10H,4-7,11-16H2,1-3H3,(H,21,22). The Morgan fingerprint density at radius 1 is 1.14 bits per heavy atom. The normalized spacial score (nSPS) is 14.9. The van der Waals surface area contributed by atoms with Crippen LogP contribution in [0.25, 0.3) is 0 Å². The van der Waals surface area contributed by atoms with E-state index in [9.17, 15) is 9.59 Å². The molecule has 2 rings (SSSR count). The van der Waals surface area contributed by atoms with Gasteiger partial charge in [0.25, 0.3) is 5.56 Å². The summed E-state index contributed by atoms with van der Waals surface area (Å²) in [5.74, 6) is 0.888. The first-order valence-corrected chi connectivity index (χ1v) is 10.2. The number of hydrogen-bond donors (Lipinski definition) is 1. The van der Waals surface area contributed by atoms with E-state index in [1.54, 1.807) is 17.0 Å². The van der Waals surface area contributed by atoms with Crippen molar-refractivity contribution in [3.63, 3.8) is 0 Å². The van der Waals surface area contributed by atoms with Crippen molar-refractivity contribution < 1.29 is 9.53 Å². The molecule has 1 aromatic rings. The summed E-state index contributed by atoms with van der Waals surface area (Å²) in [4.78, 5) is 32.4. The maximum atomic E-state index is 11.9. The van der Waals surface area contributed by atoms with Crippen molar-refractivity contribution >= 4 is 12.1 Å². The van der Waals surface area contributed by atoms with Crippen LogP contribution in [0.4, 0.5) is 4.79 Å². The zero-order chi connectivity index (χ0) is 20.4. The third-order valence-corrected chi connectivity index (χ3v) is 4.76. The lowest BCUT2D eigenvalue weighted by atomic mass is 10.3. The smallest absolute Gasteiger partial charge is 0.409 e. The Hall–Kier alpha value is -2.51. The highest BCUT2D eigenvalue weighted by Gasteiger charge is 2.23. The summed E-state index contributed by atoms with van der Waals surface area (Å²) in [6.07, 6.45) is 1.58. The third-order valence-electron chi connectivity index (χ3n) is 4.76. The first-order valence-electron chi connectivity index (χ1n) is 10.2. The van der Waals surface area contributed by atoms with Gasteiger partial charge in [0, 0.05) is 57.6 Å². The molecule has 1 N–H and O–H groups in total. The molecule has 1 saturated heterocycles. The Labute approximate surface area is 167 Å². The summed E-state index contributed by atoms with van der Waals surface area (Å²) in [7, 11) is 0. The minimum Gasteiger partial charge on any atom is -0.450 e. The van der Waals surface area contributed by atoms with Gasteiger partial charge in [0.15, 0.2) is 5.96 Å². The van der Waals surface area contributed by atoms with E-state index in [-0.39, 0.29) is 11.7 Å². The number of carbonyl (C=O) groups is 1. The first kappa shape index (κ1) is 21.8. The van der Waals surface area contributed by atoms with Gasteiger partial charge >= 0.3 is 6.09 Å². The minimum absolute atomic E-state index is 0.0521. The van der Waals surface area contributed by atoms with Gasteiger partial charge < -0.3 is 24.4 Å². The summed E-state index contributed by atoms with van der Waals surface area (Å²) >= 11 is 0. The van der Waals surface area contributed by atoms with Crippen molar-refractivity contribution in [1.29, 1.82) is 0 Å². The average Bonchev–Trinajstić information content (AvgIpc) is 2.69. The van der Waals surface area contributed by atoms with Crippen molar-refractivity contribution in [2.45, 2.75) is 40.2 Å². The summed E-state index contributed by atoms with van der Waals surface area (Å²) in [5.41, 5.74) is 1.04. The number of ether oxygens (including phenoxy) is 1. The molecule has 0 saturated carbocycles. The van der Waals surface area contributed by atoms with Crippen molar-refractivity contribution in [1.82, 2.24) is 19.7 Å². The van der Waals surface area contributed by atoms with Crippen LogP contribution in [0.3, 0.4) is 0 Å². The zero-order valence-corrected chi connectivity index (χ0v) is 17.3. The number of aryl methyl sites for hydroxylation is 1. The van der Waals surface area contributed by atoms with Crippen LogP contribution in [0.1, 0.15) is 32.4 Å². The Bertz CT molecular complexity index is 708. The van der Waals surface area contributed by atoms with Gasteiger partial charge in [-0.05, 0) is 39.7 Å². The second kappa shape index (κ2) is 11.4. The molecular weight excluding hydrogens is 358 g/mol. The van der Waals surface area contributed by atoms with Crippen LogP contribution in [0, 0.1) is 6.92 Å². The Balaban J connectivity index is 1.81. The van der Waals surface area contributed by atoms with Gasteiger partial charge in [-0.25, -0.2) is 4.79 Å². The Morgan fingerprint density at radius 3 is 2.50 bits per heavy atom. The van der Waals surface area contributed by atoms with Crippen LogP contribution in [0.15, 0.2) is 28.0 Å². The van der Waals surface area contributed by atoms with Crippen LogP contribution in [0.5, 0.6) is 0 Å². The highest BCUT2D eigenvalue weighted by molar-refractivity contribution is 5.80. The SMILES string of the molecule is CCNC(=NCCCCn1c(C)cccc1=O)N1CCN(C(=O)OCC)CC1. The van der Waals surface area contributed by atoms with Gasteiger partial charge in [0.05, 0.1) is 6.61 Å². The van der Waals surface area contributed by atoms with E-state index in [1.165, 1.54) is 0 Å². The Kier molecular flexibility index (Phi) is 8.84. The number of aromatic nitrogens is 1. The summed E-state index contributed by atoms with van der Waals surface area (Å²) in [5, 5.41) is 3.33. The van der Waals surface area contributed by atoms with E-state index >= 15 is 0 Å². The highest BCUT2D eigenvalue weighted by atomic mass is 16.6. The number of amides is 1. The van der Waals surface area contributed by atoms with E-state index in [0.717, 1.165) is 50.7 Å². The van der Waals surface area contributed by atoms with Gasteiger partial charge in [0.2, 0.25) is 0 Å². The molecule has 0 radical (unpaired) electrons. The molecule has 0 atom stereocenters. The second-order valence-corrected chi connectivity index (χ2v) is 6.77. The fourth-order valence-electron chi connectivity index (χ4n) is 3.22. The number of pyridine rings is 1. The predicted octanol–water partition coefficient (Wildman–Crippen LogP) is 1.68. The zero-order valence-electron chi connectivity index (χ0n) is 17.3. The van der Waals surface area contributed by atoms with E-state index in [1.807, 2.05) is 24.5 Å². The van der Waals surface area contributed by atoms with Crippen LogP contribution in [-0.4, -0.2) is 72.3 Å². The summed E-state index contributed by atoms with van der Waals surface area (Å²) in [6.45, 7) is 11.2. The quantitative estimate of drug-likeness (QED) is 0.435. The Morgan fingerprint density at radius 2 is 1.86 bits per heavy atom. The molecule has 2 heterocycles. The molecule has 0 spiro atoms. The molecule has 0 bridgehead atoms. The van der Waals surface area contributed by atoms with Gasteiger partial charge in [0.1, 0.15) is 0 Å². The van der Waals surface area contributed by atoms with E-state index < -0.39 is 0 Å². The number of guanidine groups is 1. The van der Waals surface area contributed by atoms with Crippen molar-refractivity contribution in [2.24, 2.45) is 4.99 Å². The number of aliphatic imine (C=N–C) groups is 1. The molecule has 8 nitrogen and oxygen atoms in total. The largest absolute Gasteiger partial charge is 0.450 e. The molecule has 1 aliphatic heterocycles. The predicted molar refractivity (Wildman–Crippen MR) is 111 cm³/mol. The number of nitrogens with one attached hydrogen (secondary N) is 1. The maximum Gasteiger partial charge on any atom is 0.409 e. The third kappa shape index (κ3) is 6.28. The lowest BCUT2D eigenvalue weighted by Gasteiger charge is -2.35. The van der Waals surface area contributed by atoms with Crippen LogP contribution in [0.2, 0.25) is 0 Å². The van der Waals surface area contributed by atoms with Crippen LogP contribution in [-0.2, 0) is 11.3 Å². The number of rotatable bonds is 7. The molecule has 1 aliphatic rings. The maximum absolute atomic E-state index is 11.9. The van der Waals surface area contributed by atoms with E-state index in [4.69, 9.17) is 9.73 Å². The van der Waals surface area contributed by atoms with Crippen molar-refractivity contribution in [3.05, 3.63) is 34.2 Å². The van der Waals surface area contributed by atoms with E-state index in [2.05, 4.69) is 17.1 Å². The topological polar surface area (TPSA) is 79.2 Å². The highest BCUT2D eigenvalue weighted by Crippen LogP contribution is 2.05. The first-order chi connectivity index (χ1) is 13.6. The molecule has 0 aliphatic carbocycles. The number of piperazine rings is 1. The monoisotopic (exact) mass is 391 g/mol. The fourth-order valence-corrected chi connectivity index (χ4v) is 3.22. The second-order valence-electron chi connectivity index (χ2n) is 6.77. The van der Waals surface area contributed by atoms with Gasteiger partial charge in [-0.1, -0.05) is 6.07 Å². The number of carbonyl (C=O) groups excluding carboxylic acids is 1. The minimum atomic E-state index is -0.240. The van der Waals surface area contributed by atoms with Gasteiger partial charge in [-0.2, -0.15) is 0 Å². The molecule has 8 heteroatoms. The van der Waals surface area contributed by atoms with Gasteiger partial charge in [-0.15, -0.1) is 0 Å². The molecular formula is C20H33N5O3. The molecule has 0 aromatic carbocycles. The summed E-state index contributed by atoms with van der Waals surface area (Å²) in [6, 6.07) is 5.35. The van der Waals surface area contributed by atoms with Gasteiger partial charge in [-0.3, -0.25) is 9.79 Å². The molecule has 1 aromatic heterocycles. The number of hydrogen-bond acceptors (Lipinski definition) is 4. The number of unbranched alkanes of at least 4 members (excludes halogenated alkanes) is 1. The molecule has 28 heavy (non-hydrogen) atoms. The van der Waals surface area contributed by atoms with Crippen LogP contribution < -0.4 is 10.9 Å². The molecule has 0 unspecified atom stereocenters.